The molecule has 0 aliphatic carbocycles. The van der Waals surface area contributed by atoms with Gasteiger partial charge in [-0.05, 0) is 29.7 Å². The van der Waals surface area contributed by atoms with Crippen molar-refractivity contribution in [2.24, 2.45) is 0 Å². The Hall–Kier alpha value is -1.64. The third-order valence-electron chi connectivity index (χ3n) is 2.10. The lowest BCUT2D eigenvalue weighted by Crippen LogP contribution is -2.00. The van der Waals surface area contributed by atoms with Gasteiger partial charge in [0.15, 0.2) is 0 Å². The summed E-state index contributed by atoms with van der Waals surface area (Å²) in [5, 5.41) is 8.62. The molecule has 1 aromatic carbocycles. The highest BCUT2D eigenvalue weighted by Gasteiger charge is 2.03. The molecule has 0 saturated carbocycles. The third kappa shape index (κ3) is 4.26. The summed E-state index contributed by atoms with van der Waals surface area (Å²) in [6.07, 6.45) is 5.60. The Morgan fingerprint density at radius 3 is 2.81 bits per heavy atom. The van der Waals surface area contributed by atoms with Gasteiger partial charge in [0.25, 0.3) is 0 Å². The van der Waals surface area contributed by atoms with Crippen LogP contribution in [0.15, 0.2) is 24.3 Å². The summed E-state index contributed by atoms with van der Waals surface area (Å²) < 4.78 is 13.2. The molecule has 0 atom stereocenters. The monoisotopic (exact) mass is 222 g/mol. The van der Waals surface area contributed by atoms with Crippen molar-refractivity contribution in [3.63, 3.8) is 0 Å². The number of unbranched alkanes of at least 4 members (excludes halogenated alkanes) is 1. The topological polar surface area (TPSA) is 37.3 Å². The summed E-state index contributed by atoms with van der Waals surface area (Å²) in [5.74, 6) is -1.34. The molecule has 3 heteroatoms. The minimum absolute atomic E-state index is 0.146. The largest absolute Gasteiger partial charge is 0.481 e. The third-order valence-corrected chi connectivity index (χ3v) is 2.10. The Morgan fingerprint density at radius 2 is 2.19 bits per heavy atom. The molecule has 0 aliphatic rings. The van der Waals surface area contributed by atoms with Gasteiger partial charge in [-0.15, -0.1) is 0 Å². The molecule has 86 valence electrons. The zero-order chi connectivity index (χ0) is 12.0. The van der Waals surface area contributed by atoms with Crippen LogP contribution in [-0.4, -0.2) is 11.1 Å². The highest BCUT2D eigenvalue weighted by Crippen LogP contribution is 2.12. The summed E-state index contributed by atoms with van der Waals surface area (Å²) in [4.78, 5) is 10.5. The first-order valence-corrected chi connectivity index (χ1v) is 5.29. The first-order valence-electron chi connectivity index (χ1n) is 5.29. The molecule has 0 aliphatic heterocycles. The van der Waals surface area contributed by atoms with Crippen LogP contribution in [-0.2, 0) is 11.2 Å². The van der Waals surface area contributed by atoms with Crippen LogP contribution in [0.5, 0.6) is 0 Å². The molecule has 1 rings (SSSR count). The van der Waals surface area contributed by atoms with Gasteiger partial charge in [0.1, 0.15) is 5.82 Å². The van der Waals surface area contributed by atoms with Crippen molar-refractivity contribution >= 4 is 12.0 Å². The summed E-state index contributed by atoms with van der Waals surface area (Å²) in [7, 11) is 0. The van der Waals surface area contributed by atoms with E-state index in [0.717, 1.165) is 12.8 Å². The Bertz CT molecular complexity index is 397. The lowest BCUT2D eigenvalue weighted by Gasteiger charge is -2.00. The van der Waals surface area contributed by atoms with E-state index < -0.39 is 11.8 Å². The van der Waals surface area contributed by atoms with Gasteiger partial charge in [0.05, 0.1) is 6.42 Å². The fourth-order valence-corrected chi connectivity index (χ4v) is 1.43. The van der Waals surface area contributed by atoms with Crippen molar-refractivity contribution in [3.8, 4) is 0 Å². The lowest BCUT2D eigenvalue weighted by atomic mass is 10.1. The molecule has 2 nitrogen and oxygen atoms in total. The number of halogens is 1. The van der Waals surface area contributed by atoms with Crippen molar-refractivity contribution in [2.45, 2.75) is 26.2 Å². The van der Waals surface area contributed by atoms with E-state index >= 15 is 0 Å². The zero-order valence-corrected chi connectivity index (χ0v) is 9.24. The van der Waals surface area contributed by atoms with Crippen molar-refractivity contribution in [1.29, 1.82) is 0 Å². The van der Waals surface area contributed by atoms with Crippen LogP contribution in [0.3, 0.4) is 0 Å². The van der Waals surface area contributed by atoms with Gasteiger partial charge in [0, 0.05) is 0 Å². The maximum absolute atomic E-state index is 13.2. The fourth-order valence-electron chi connectivity index (χ4n) is 1.43. The van der Waals surface area contributed by atoms with Gasteiger partial charge in [0.2, 0.25) is 0 Å². The second kappa shape index (κ2) is 6.05. The number of carbonyl (C=O) groups is 1. The summed E-state index contributed by atoms with van der Waals surface area (Å²) in [5.41, 5.74) is 1.20. The summed E-state index contributed by atoms with van der Waals surface area (Å²) >= 11 is 0. The molecular weight excluding hydrogens is 207 g/mol. The van der Waals surface area contributed by atoms with Gasteiger partial charge >= 0.3 is 5.97 Å². The summed E-state index contributed by atoms with van der Waals surface area (Å²) in [6, 6.07) is 4.35. The SMILES string of the molecule is CCC/C=C/c1cc(F)cc(CC(=O)O)c1. The highest BCUT2D eigenvalue weighted by molar-refractivity contribution is 5.70. The van der Waals surface area contributed by atoms with Gasteiger partial charge < -0.3 is 5.11 Å². The molecule has 0 saturated heterocycles. The van der Waals surface area contributed by atoms with Crippen LogP contribution in [0, 0.1) is 5.82 Å². The number of carboxylic acids is 1. The van der Waals surface area contributed by atoms with E-state index in [1.54, 1.807) is 6.07 Å². The van der Waals surface area contributed by atoms with Crippen LogP contribution in [0.1, 0.15) is 30.9 Å². The van der Waals surface area contributed by atoms with Crippen LogP contribution < -0.4 is 0 Å². The molecule has 0 unspecified atom stereocenters. The lowest BCUT2D eigenvalue weighted by molar-refractivity contribution is -0.136. The van der Waals surface area contributed by atoms with Crippen molar-refractivity contribution < 1.29 is 14.3 Å². The molecule has 0 radical (unpaired) electrons. The molecule has 1 aromatic rings. The standard InChI is InChI=1S/C13H15FO2/c1-2-3-4-5-10-6-11(9-13(15)16)8-12(14)7-10/h4-8H,2-3,9H2,1H3,(H,15,16)/b5-4+. The number of benzene rings is 1. The quantitative estimate of drug-likeness (QED) is 0.830. The van der Waals surface area contributed by atoms with E-state index in [1.807, 2.05) is 12.2 Å². The number of aliphatic carboxylic acids is 1. The minimum Gasteiger partial charge on any atom is -0.481 e. The predicted molar refractivity (Wildman–Crippen MR) is 61.7 cm³/mol. The number of carboxylic acid groups (broad SMARTS) is 1. The Kier molecular flexibility index (Phi) is 4.70. The number of hydrogen-bond acceptors (Lipinski definition) is 1. The molecule has 16 heavy (non-hydrogen) atoms. The normalized spacial score (nSPS) is 10.9. The van der Waals surface area contributed by atoms with Crippen molar-refractivity contribution in [1.82, 2.24) is 0 Å². The first kappa shape index (κ1) is 12.4. The van der Waals surface area contributed by atoms with Gasteiger partial charge in [-0.3, -0.25) is 4.79 Å². The first-order chi connectivity index (χ1) is 7.61. The van der Waals surface area contributed by atoms with E-state index in [2.05, 4.69) is 6.92 Å². The van der Waals surface area contributed by atoms with Gasteiger partial charge in [-0.2, -0.15) is 0 Å². The van der Waals surface area contributed by atoms with Gasteiger partial charge in [-0.1, -0.05) is 31.6 Å². The molecule has 1 N–H and O–H groups in total. The Morgan fingerprint density at radius 1 is 1.44 bits per heavy atom. The molecule has 0 bridgehead atoms. The van der Waals surface area contributed by atoms with E-state index in [4.69, 9.17) is 5.11 Å². The van der Waals surface area contributed by atoms with Crippen LogP contribution in [0.2, 0.25) is 0 Å². The summed E-state index contributed by atoms with van der Waals surface area (Å²) in [6.45, 7) is 2.06. The maximum Gasteiger partial charge on any atom is 0.307 e. The van der Waals surface area contributed by atoms with Gasteiger partial charge in [-0.25, -0.2) is 4.39 Å². The molecule has 0 aromatic heterocycles. The molecule has 0 fully saturated rings. The van der Waals surface area contributed by atoms with Crippen LogP contribution in [0.4, 0.5) is 4.39 Å². The van der Waals surface area contributed by atoms with Crippen LogP contribution >= 0.6 is 0 Å². The van der Waals surface area contributed by atoms with Crippen molar-refractivity contribution in [2.75, 3.05) is 0 Å². The zero-order valence-electron chi connectivity index (χ0n) is 9.24. The van der Waals surface area contributed by atoms with Crippen molar-refractivity contribution in [3.05, 3.63) is 41.2 Å². The van der Waals surface area contributed by atoms with Crippen LogP contribution in [0.25, 0.3) is 6.08 Å². The fraction of sp³-hybridized carbons (Fsp3) is 0.308. The highest BCUT2D eigenvalue weighted by atomic mass is 19.1. The Balaban J connectivity index is 2.85. The average Bonchev–Trinajstić information content (AvgIpc) is 2.16. The molecular formula is C13H15FO2. The molecule has 0 heterocycles. The average molecular weight is 222 g/mol. The van der Waals surface area contributed by atoms with E-state index in [1.165, 1.54) is 12.1 Å². The van der Waals surface area contributed by atoms with E-state index in [9.17, 15) is 9.18 Å². The maximum atomic E-state index is 13.2. The number of rotatable bonds is 5. The smallest absolute Gasteiger partial charge is 0.307 e. The molecule has 0 spiro atoms. The second-order valence-corrected chi connectivity index (χ2v) is 3.65. The minimum atomic E-state index is -0.950. The second-order valence-electron chi connectivity index (χ2n) is 3.65. The Labute approximate surface area is 94.4 Å². The number of hydrogen-bond donors (Lipinski definition) is 1. The van der Waals surface area contributed by atoms with E-state index in [-0.39, 0.29) is 6.42 Å². The predicted octanol–water partition coefficient (Wildman–Crippen LogP) is 3.27. The van der Waals surface area contributed by atoms with E-state index in [0.29, 0.717) is 11.1 Å². The number of allylic oxidation sites excluding steroid dienone is 1. The molecule has 0 amide bonds.